The molecule has 4 nitrogen and oxygen atoms in total. The van der Waals surface area contributed by atoms with Gasteiger partial charge in [0.05, 0.1) is 6.04 Å². The molecule has 0 aromatic rings. The molecule has 0 radical (unpaired) electrons. The minimum atomic E-state index is -0.425. The molecule has 0 aliphatic heterocycles. The molecule has 1 amide bonds. The molecule has 0 rings (SSSR count). The SMILES string of the molecule is CNC(CCSC)C(=O)NC(C)(C)CC(C)(C)C(C)=O. The zero-order valence-corrected chi connectivity index (χ0v) is 14.7. The number of amides is 1. The van der Waals surface area contributed by atoms with E-state index in [0.717, 1.165) is 12.2 Å². The smallest absolute Gasteiger partial charge is 0.237 e. The van der Waals surface area contributed by atoms with Crippen LogP contribution >= 0.6 is 11.8 Å². The summed E-state index contributed by atoms with van der Waals surface area (Å²) in [6.45, 7) is 9.39. The maximum Gasteiger partial charge on any atom is 0.237 e. The third kappa shape index (κ3) is 6.75. The number of carbonyl (C=O) groups is 2. The number of carbonyl (C=O) groups excluding carboxylic acids is 2. The van der Waals surface area contributed by atoms with E-state index in [9.17, 15) is 9.59 Å². The van der Waals surface area contributed by atoms with Gasteiger partial charge in [0.15, 0.2) is 0 Å². The summed E-state index contributed by atoms with van der Waals surface area (Å²) in [6, 6.07) is -0.179. The van der Waals surface area contributed by atoms with Gasteiger partial charge in [0.2, 0.25) is 5.91 Å². The molecule has 118 valence electrons. The van der Waals surface area contributed by atoms with Gasteiger partial charge in [-0.05, 0) is 52.7 Å². The molecule has 1 atom stereocenters. The van der Waals surface area contributed by atoms with E-state index in [2.05, 4.69) is 10.6 Å². The number of likely N-dealkylation sites (N-methyl/N-ethyl adjacent to an activating group) is 1. The van der Waals surface area contributed by atoms with Crippen LogP contribution in [-0.2, 0) is 9.59 Å². The van der Waals surface area contributed by atoms with Gasteiger partial charge < -0.3 is 10.6 Å². The van der Waals surface area contributed by atoms with E-state index in [0.29, 0.717) is 6.42 Å². The number of hydrogen-bond acceptors (Lipinski definition) is 4. The van der Waals surface area contributed by atoms with Crippen molar-refractivity contribution in [3.8, 4) is 0 Å². The fraction of sp³-hybridized carbons (Fsp3) is 0.867. The molecule has 0 saturated heterocycles. The lowest BCUT2D eigenvalue weighted by Gasteiger charge is -2.35. The van der Waals surface area contributed by atoms with Gasteiger partial charge in [0.1, 0.15) is 5.78 Å². The molecule has 0 bridgehead atoms. The van der Waals surface area contributed by atoms with E-state index in [4.69, 9.17) is 0 Å². The second-order valence-electron chi connectivity index (χ2n) is 6.61. The van der Waals surface area contributed by atoms with Crippen LogP contribution in [0.1, 0.15) is 47.5 Å². The number of Topliss-reactive ketones (excluding diaryl/α,β-unsaturated/α-hetero) is 1. The Morgan fingerprint density at radius 1 is 1.20 bits per heavy atom. The maximum absolute atomic E-state index is 12.3. The van der Waals surface area contributed by atoms with Crippen molar-refractivity contribution in [1.82, 2.24) is 10.6 Å². The molecule has 0 aliphatic rings. The molecule has 5 heteroatoms. The average Bonchev–Trinajstić information content (AvgIpc) is 2.27. The molecule has 1 unspecified atom stereocenters. The summed E-state index contributed by atoms with van der Waals surface area (Å²) in [6.07, 6.45) is 3.46. The van der Waals surface area contributed by atoms with Crippen molar-refractivity contribution in [3.05, 3.63) is 0 Å². The molecule has 0 aromatic heterocycles. The van der Waals surface area contributed by atoms with Crippen LogP contribution in [0.15, 0.2) is 0 Å². The highest BCUT2D eigenvalue weighted by atomic mass is 32.2. The van der Waals surface area contributed by atoms with Gasteiger partial charge in [0.25, 0.3) is 0 Å². The minimum absolute atomic E-state index is 0.00546. The van der Waals surface area contributed by atoms with Gasteiger partial charge in [0, 0.05) is 11.0 Å². The Balaban J connectivity index is 4.65. The van der Waals surface area contributed by atoms with Crippen molar-refractivity contribution in [2.75, 3.05) is 19.1 Å². The summed E-state index contributed by atoms with van der Waals surface area (Å²) >= 11 is 1.73. The van der Waals surface area contributed by atoms with Crippen LogP contribution in [0.4, 0.5) is 0 Å². The van der Waals surface area contributed by atoms with Crippen LogP contribution in [0.25, 0.3) is 0 Å². The first-order valence-electron chi connectivity index (χ1n) is 7.05. The first-order valence-corrected chi connectivity index (χ1v) is 8.44. The highest BCUT2D eigenvalue weighted by Crippen LogP contribution is 2.28. The summed E-state index contributed by atoms with van der Waals surface area (Å²) in [4.78, 5) is 23.9. The summed E-state index contributed by atoms with van der Waals surface area (Å²) in [5.74, 6) is 1.09. The third-order valence-corrected chi connectivity index (χ3v) is 4.22. The zero-order chi connectivity index (χ0) is 16.0. The largest absolute Gasteiger partial charge is 0.350 e. The fourth-order valence-corrected chi connectivity index (χ4v) is 2.81. The first kappa shape index (κ1) is 19.4. The van der Waals surface area contributed by atoms with Gasteiger partial charge in [-0.1, -0.05) is 13.8 Å². The Kier molecular flexibility index (Phi) is 7.81. The fourth-order valence-electron chi connectivity index (χ4n) is 2.34. The monoisotopic (exact) mass is 302 g/mol. The average molecular weight is 302 g/mol. The molecule has 0 aliphatic carbocycles. The Labute approximate surface area is 127 Å². The van der Waals surface area contributed by atoms with Crippen LogP contribution in [0.5, 0.6) is 0 Å². The van der Waals surface area contributed by atoms with E-state index in [-0.39, 0.29) is 17.7 Å². The molecule has 0 heterocycles. The van der Waals surface area contributed by atoms with E-state index in [1.165, 1.54) is 0 Å². The maximum atomic E-state index is 12.3. The van der Waals surface area contributed by atoms with Crippen LogP contribution < -0.4 is 10.6 Å². The Hall–Kier alpha value is -0.550. The summed E-state index contributed by atoms with van der Waals surface area (Å²) in [7, 11) is 1.80. The third-order valence-electron chi connectivity index (χ3n) is 3.57. The Morgan fingerprint density at radius 2 is 1.75 bits per heavy atom. The van der Waals surface area contributed by atoms with Crippen molar-refractivity contribution in [1.29, 1.82) is 0 Å². The molecule has 20 heavy (non-hydrogen) atoms. The molecule has 0 aromatic carbocycles. The predicted molar refractivity (Wildman–Crippen MR) is 87.1 cm³/mol. The van der Waals surface area contributed by atoms with Crippen molar-refractivity contribution in [2.45, 2.75) is 59.0 Å². The first-order chi connectivity index (χ1) is 9.05. The molecule has 0 spiro atoms. The number of hydrogen-bond donors (Lipinski definition) is 2. The van der Waals surface area contributed by atoms with Gasteiger partial charge in [-0.15, -0.1) is 0 Å². The molecular formula is C15H30N2O2S. The van der Waals surface area contributed by atoms with Crippen molar-refractivity contribution < 1.29 is 9.59 Å². The quantitative estimate of drug-likeness (QED) is 0.686. The lowest BCUT2D eigenvalue weighted by molar-refractivity contribution is -0.129. The van der Waals surface area contributed by atoms with Crippen LogP contribution in [-0.4, -0.2) is 42.3 Å². The van der Waals surface area contributed by atoms with Gasteiger partial charge in [-0.25, -0.2) is 0 Å². The highest BCUT2D eigenvalue weighted by molar-refractivity contribution is 7.98. The Bertz CT molecular complexity index is 341. The summed E-state index contributed by atoms with van der Waals surface area (Å²) < 4.78 is 0. The number of rotatable bonds is 9. The van der Waals surface area contributed by atoms with Gasteiger partial charge in [-0.2, -0.15) is 11.8 Å². The number of ketones is 1. The van der Waals surface area contributed by atoms with Crippen LogP contribution in [0.2, 0.25) is 0 Å². The predicted octanol–water partition coefficient (Wildman–Crippen LogP) is 2.23. The van der Waals surface area contributed by atoms with Crippen molar-refractivity contribution in [2.24, 2.45) is 5.41 Å². The normalized spacial score (nSPS) is 13.9. The second kappa shape index (κ2) is 8.03. The standard InChI is InChI=1S/C15H30N2O2S/c1-11(18)14(2,3)10-15(4,5)17-13(19)12(16-6)8-9-20-7/h12,16H,8-10H2,1-7H3,(H,17,19). The lowest BCUT2D eigenvalue weighted by atomic mass is 9.77. The van der Waals surface area contributed by atoms with Gasteiger partial charge >= 0.3 is 0 Å². The Morgan fingerprint density at radius 3 is 2.15 bits per heavy atom. The van der Waals surface area contributed by atoms with E-state index >= 15 is 0 Å². The molecule has 0 saturated carbocycles. The number of thioether (sulfide) groups is 1. The number of nitrogens with one attached hydrogen (secondary N) is 2. The highest BCUT2D eigenvalue weighted by Gasteiger charge is 2.34. The second-order valence-corrected chi connectivity index (χ2v) is 7.60. The minimum Gasteiger partial charge on any atom is -0.350 e. The summed E-state index contributed by atoms with van der Waals surface area (Å²) in [5.41, 5.74) is -0.827. The zero-order valence-electron chi connectivity index (χ0n) is 13.9. The van der Waals surface area contributed by atoms with Gasteiger partial charge in [-0.3, -0.25) is 9.59 Å². The molecule has 0 fully saturated rings. The van der Waals surface area contributed by atoms with Crippen LogP contribution in [0.3, 0.4) is 0 Å². The topological polar surface area (TPSA) is 58.2 Å². The lowest BCUT2D eigenvalue weighted by Crippen LogP contribution is -2.53. The van der Waals surface area contributed by atoms with Crippen LogP contribution in [0, 0.1) is 5.41 Å². The molecule has 2 N–H and O–H groups in total. The molecular weight excluding hydrogens is 272 g/mol. The van der Waals surface area contributed by atoms with E-state index in [1.807, 2.05) is 34.0 Å². The summed E-state index contributed by atoms with van der Waals surface area (Å²) in [5, 5.41) is 6.12. The van der Waals surface area contributed by atoms with E-state index < -0.39 is 11.0 Å². The van der Waals surface area contributed by atoms with Crippen molar-refractivity contribution >= 4 is 23.5 Å². The van der Waals surface area contributed by atoms with E-state index in [1.54, 1.807) is 25.7 Å². The van der Waals surface area contributed by atoms with Crippen molar-refractivity contribution in [3.63, 3.8) is 0 Å².